The summed E-state index contributed by atoms with van der Waals surface area (Å²) in [4.78, 5) is 23.0. The minimum atomic E-state index is -0.943. The molecule has 1 N–H and O–H groups in total. The monoisotopic (exact) mass is 277 g/mol. The zero-order chi connectivity index (χ0) is 14.9. The predicted octanol–water partition coefficient (Wildman–Crippen LogP) is 1.34. The van der Waals surface area contributed by atoms with Crippen molar-refractivity contribution in [3.63, 3.8) is 0 Å². The van der Waals surface area contributed by atoms with Crippen LogP contribution in [-0.4, -0.2) is 25.3 Å². The number of nitrogens with zero attached hydrogens (tertiary/aromatic N) is 3. The molecule has 0 saturated heterocycles. The summed E-state index contributed by atoms with van der Waals surface area (Å²) >= 11 is 0. The molecule has 2 heterocycles. The van der Waals surface area contributed by atoms with Gasteiger partial charge in [-0.2, -0.15) is 9.61 Å². The summed E-state index contributed by atoms with van der Waals surface area (Å²) in [5.74, 6) is -0.602. The van der Waals surface area contributed by atoms with Gasteiger partial charge in [-0.25, -0.2) is 0 Å². The van der Waals surface area contributed by atoms with Crippen molar-refractivity contribution in [1.29, 1.82) is 0 Å². The first-order valence-corrected chi connectivity index (χ1v) is 6.75. The van der Waals surface area contributed by atoms with Gasteiger partial charge < -0.3 is 9.67 Å². The number of carboxylic acids is 1. The Morgan fingerprint density at radius 1 is 1.40 bits per heavy atom. The van der Waals surface area contributed by atoms with Crippen LogP contribution in [0.25, 0.3) is 5.65 Å². The number of aryl methyl sites for hydroxylation is 1. The molecule has 0 aromatic carbocycles. The largest absolute Gasteiger partial charge is 0.481 e. The van der Waals surface area contributed by atoms with E-state index in [-0.39, 0.29) is 12.0 Å². The first kappa shape index (κ1) is 14.3. The van der Waals surface area contributed by atoms with Crippen LogP contribution in [0.4, 0.5) is 0 Å². The van der Waals surface area contributed by atoms with Gasteiger partial charge in [0.1, 0.15) is 5.65 Å². The standard InChI is InChI=1S/C14H19N3O3/c1-4-10-5-12-16(8-9(2)3)11(7-14(19)20)6-13(18)17(12)15-10/h5-6,9H,4,7-8H2,1-3H3,(H,19,20). The molecule has 0 amide bonds. The molecule has 20 heavy (non-hydrogen) atoms. The molecule has 2 rings (SSSR count). The second-order valence-corrected chi connectivity index (χ2v) is 5.31. The Morgan fingerprint density at radius 3 is 2.65 bits per heavy atom. The van der Waals surface area contributed by atoms with Gasteiger partial charge in [0, 0.05) is 24.4 Å². The van der Waals surface area contributed by atoms with Crippen LogP contribution in [0.5, 0.6) is 0 Å². The second-order valence-electron chi connectivity index (χ2n) is 5.31. The molecule has 0 atom stereocenters. The van der Waals surface area contributed by atoms with E-state index in [1.807, 2.05) is 17.6 Å². The zero-order valence-electron chi connectivity index (χ0n) is 12.0. The number of hydrogen-bond donors (Lipinski definition) is 1. The summed E-state index contributed by atoms with van der Waals surface area (Å²) in [6.45, 7) is 6.73. The lowest BCUT2D eigenvalue weighted by Crippen LogP contribution is -2.24. The molecule has 6 nitrogen and oxygen atoms in total. The van der Waals surface area contributed by atoms with E-state index in [0.29, 0.717) is 23.8 Å². The molecule has 0 fully saturated rings. The maximum atomic E-state index is 12.0. The van der Waals surface area contributed by atoms with Crippen molar-refractivity contribution in [2.75, 3.05) is 0 Å². The van der Waals surface area contributed by atoms with E-state index in [0.717, 1.165) is 12.1 Å². The third-order valence-electron chi connectivity index (χ3n) is 3.11. The molecular weight excluding hydrogens is 258 g/mol. The molecule has 6 heteroatoms. The zero-order valence-corrected chi connectivity index (χ0v) is 12.0. The first-order valence-electron chi connectivity index (χ1n) is 6.75. The van der Waals surface area contributed by atoms with Crippen molar-refractivity contribution in [2.24, 2.45) is 5.92 Å². The topological polar surface area (TPSA) is 76.6 Å². The lowest BCUT2D eigenvalue weighted by Gasteiger charge is -2.16. The van der Waals surface area contributed by atoms with Gasteiger partial charge in [-0.05, 0) is 12.3 Å². The number of rotatable bonds is 5. The molecule has 2 aromatic heterocycles. The van der Waals surface area contributed by atoms with Crippen LogP contribution in [0.15, 0.2) is 16.9 Å². The first-order chi connectivity index (χ1) is 9.42. The van der Waals surface area contributed by atoms with Gasteiger partial charge in [0.05, 0.1) is 12.1 Å². The SMILES string of the molecule is CCc1cc2n(CC(C)C)c(CC(=O)O)cc(=O)n2n1. The van der Waals surface area contributed by atoms with Crippen LogP contribution in [0.2, 0.25) is 0 Å². The summed E-state index contributed by atoms with van der Waals surface area (Å²) in [6.07, 6.45) is 0.572. The highest BCUT2D eigenvalue weighted by molar-refractivity contribution is 5.69. The Bertz CT molecular complexity index is 697. The fourth-order valence-corrected chi connectivity index (χ4v) is 2.25. The smallest absolute Gasteiger partial charge is 0.309 e. The number of hydrogen-bond acceptors (Lipinski definition) is 3. The quantitative estimate of drug-likeness (QED) is 0.894. The molecule has 0 spiro atoms. The van der Waals surface area contributed by atoms with Gasteiger partial charge in [-0.3, -0.25) is 9.59 Å². The Balaban J connectivity index is 2.71. The third kappa shape index (κ3) is 2.74. The maximum absolute atomic E-state index is 12.0. The van der Waals surface area contributed by atoms with Gasteiger partial charge in [-0.15, -0.1) is 0 Å². The lowest BCUT2D eigenvalue weighted by atomic mass is 10.2. The van der Waals surface area contributed by atoms with Crippen molar-refractivity contribution >= 4 is 11.6 Å². The van der Waals surface area contributed by atoms with Crippen molar-refractivity contribution in [3.8, 4) is 0 Å². The van der Waals surface area contributed by atoms with Gasteiger partial charge in [0.2, 0.25) is 0 Å². The maximum Gasteiger partial charge on any atom is 0.309 e. The average molecular weight is 277 g/mol. The van der Waals surface area contributed by atoms with Gasteiger partial charge >= 0.3 is 5.97 Å². The molecular formula is C14H19N3O3. The minimum absolute atomic E-state index is 0.162. The minimum Gasteiger partial charge on any atom is -0.481 e. The predicted molar refractivity (Wildman–Crippen MR) is 75.0 cm³/mol. The number of carbonyl (C=O) groups is 1. The van der Waals surface area contributed by atoms with E-state index in [9.17, 15) is 9.59 Å². The average Bonchev–Trinajstić information content (AvgIpc) is 2.77. The summed E-state index contributed by atoms with van der Waals surface area (Å²) in [6, 6.07) is 3.23. The Kier molecular flexibility index (Phi) is 3.92. The molecule has 0 saturated carbocycles. The molecule has 108 valence electrons. The van der Waals surface area contributed by atoms with Crippen LogP contribution >= 0.6 is 0 Å². The van der Waals surface area contributed by atoms with E-state index in [1.54, 1.807) is 0 Å². The summed E-state index contributed by atoms with van der Waals surface area (Å²) in [5, 5.41) is 13.3. The van der Waals surface area contributed by atoms with Crippen LogP contribution in [0.1, 0.15) is 32.2 Å². The number of aliphatic carboxylic acids is 1. The van der Waals surface area contributed by atoms with Gasteiger partial charge in [0.15, 0.2) is 0 Å². The molecule has 0 aliphatic heterocycles. The third-order valence-corrected chi connectivity index (χ3v) is 3.11. The molecule has 2 aromatic rings. The van der Waals surface area contributed by atoms with Crippen LogP contribution in [0, 0.1) is 5.92 Å². The lowest BCUT2D eigenvalue weighted by molar-refractivity contribution is -0.136. The molecule has 0 aliphatic carbocycles. The summed E-state index contributed by atoms with van der Waals surface area (Å²) in [5.41, 5.74) is 1.73. The molecule has 0 bridgehead atoms. The van der Waals surface area contributed by atoms with Crippen LogP contribution in [0.3, 0.4) is 0 Å². The highest BCUT2D eigenvalue weighted by atomic mass is 16.4. The van der Waals surface area contributed by atoms with Crippen molar-refractivity contribution < 1.29 is 9.90 Å². The number of fused-ring (bicyclic) bond motifs is 1. The highest BCUT2D eigenvalue weighted by Gasteiger charge is 2.14. The van der Waals surface area contributed by atoms with E-state index in [2.05, 4.69) is 18.9 Å². The summed E-state index contributed by atoms with van der Waals surface area (Å²) < 4.78 is 3.24. The van der Waals surface area contributed by atoms with Crippen LogP contribution < -0.4 is 5.56 Å². The number of carboxylic acid groups (broad SMARTS) is 1. The van der Waals surface area contributed by atoms with Crippen molar-refractivity contribution in [3.05, 3.63) is 33.9 Å². The van der Waals surface area contributed by atoms with Gasteiger partial charge in [0.25, 0.3) is 5.56 Å². The summed E-state index contributed by atoms with van der Waals surface area (Å²) in [7, 11) is 0. The van der Waals surface area contributed by atoms with E-state index < -0.39 is 5.97 Å². The fourth-order valence-electron chi connectivity index (χ4n) is 2.25. The molecule has 0 aliphatic rings. The Labute approximate surface area is 116 Å². The van der Waals surface area contributed by atoms with Crippen molar-refractivity contribution in [2.45, 2.75) is 40.2 Å². The fraction of sp³-hybridized carbons (Fsp3) is 0.500. The Morgan fingerprint density at radius 2 is 2.10 bits per heavy atom. The van der Waals surface area contributed by atoms with Crippen LogP contribution in [-0.2, 0) is 24.2 Å². The van der Waals surface area contributed by atoms with Gasteiger partial charge in [-0.1, -0.05) is 20.8 Å². The van der Waals surface area contributed by atoms with Crippen molar-refractivity contribution in [1.82, 2.24) is 14.2 Å². The van der Waals surface area contributed by atoms with E-state index in [1.165, 1.54) is 10.6 Å². The van der Waals surface area contributed by atoms with E-state index >= 15 is 0 Å². The second kappa shape index (κ2) is 5.48. The highest BCUT2D eigenvalue weighted by Crippen LogP contribution is 2.12. The normalized spacial score (nSPS) is 11.4. The van der Waals surface area contributed by atoms with E-state index in [4.69, 9.17) is 5.11 Å². The molecule has 0 radical (unpaired) electrons. The Hall–Kier alpha value is -2.11. The number of aromatic nitrogens is 3. The molecule has 0 unspecified atom stereocenters.